The van der Waals surface area contributed by atoms with Crippen molar-refractivity contribution in [3.63, 3.8) is 0 Å². The largest absolute Gasteiger partial charge is 0.403 e. The molecule has 1 unspecified atom stereocenters. The molecule has 0 heterocycles. The van der Waals surface area contributed by atoms with Gasteiger partial charge in [0, 0.05) is 0 Å². The second kappa shape index (κ2) is 4.78. The van der Waals surface area contributed by atoms with Crippen LogP contribution in [0.2, 0.25) is 0 Å². The van der Waals surface area contributed by atoms with Crippen molar-refractivity contribution in [3.8, 4) is 0 Å². The molecule has 90 valence electrons. The third-order valence-corrected chi connectivity index (χ3v) is 2.15. The highest BCUT2D eigenvalue weighted by molar-refractivity contribution is 5.18. The lowest BCUT2D eigenvalue weighted by molar-refractivity contribution is -0.148. The molecule has 1 nitrogen and oxygen atoms in total. The van der Waals surface area contributed by atoms with Crippen molar-refractivity contribution in [2.24, 2.45) is 5.73 Å². The van der Waals surface area contributed by atoms with Gasteiger partial charge in [-0.3, -0.25) is 0 Å². The van der Waals surface area contributed by atoms with Crippen LogP contribution in [-0.4, -0.2) is 12.2 Å². The number of benzene rings is 1. The predicted octanol–water partition coefficient (Wildman–Crippen LogP) is 2.79. The Morgan fingerprint density at radius 3 is 2.38 bits per heavy atom. The molecule has 6 heteroatoms. The van der Waals surface area contributed by atoms with Crippen LogP contribution in [0.3, 0.4) is 0 Å². The van der Waals surface area contributed by atoms with Crippen LogP contribution in [0.25, 0.3) is 0 Å². The Labute approximate surface area is 89.1 Å². The predicted molar refractivity (Wildman–Crippen MR) is 48.7 cm³/mol. The lowest BCUT2D eigenvalue weighted by atomic mass is 10.0. The molecule has 2 N–H and O–H groups in total. The molecular formula is C10H10F5N. The van der Waals surface area contributed by atoms with Gasteiger partial charge in [-0.05, 0) is 36.6 Å². The standard InChI is InChI=1S/C10H10F5N/c11-7-2-3-8(12)6(5-7)1-4-9(16)10(13,14)15/h2-3,5,9H,1,4,16H2. The molecule has 0 aliphatic carbocycles. The van der Waals surface area contributed by atoms with Crippen molar-refractivity contribution in [2.75, 3.05) is 0 Å². The summed E-state index contributed by atoms with van der Waals surface area (Å²) in [6, 6.07) is 0.639. The summed E-state index contributed by atoms with van der Waals surface area (Å²) in [5, 5.41) is 0. The first-order chi connectivity index (χ1) is 7.30. The first-order valence-electron chi connectivity index (χ1n) is 4.57. The summed E-state index contributed by atoms with van der Waals surface area (Å²) < 4.78 is 61.8. The highest BCUT2D eigenvalue weighted by Gasteiger charge is 2.36. The molecule has 0 spiro atoms. The molecule has 1 atom stereocenters. The number of aryl methyl sites for hydroxylation is 1. The highest BCUT2D eigenvalue weighted by atomic mass is 19.4. The van der Waals surface area contributed by atoms with Crippen molar-refractivity contribution in [1.29, 1.82) is 0 Å². The lowest BCUT2D eigenvalue weighted by Crippen LogP contribution is -2.37. The van der Waals surface area contributed by atoms with E-state index in [4.69, 9.17) is 5.73 Å². The van der Waals surface area contributed by atoms with E-state index < -0.39 is 30.3 Å². The third kappa shape index (κ3) is 3.44. The number of alkyl halides is 3. The number of hydrogen-bond donors (Lipinski definition) is 1. The minimum absolute atomic E-state index is 0.0975. The van der Waals surface area contributed by atoms with E-state index in [1.807, 2.05) is 0 Å². The Morgan fingerprint density at radius 2 is 1.81 bits per heavy atom. The summed E-state index contributed by atoms with van der Waals surface area (Å²) in [6.07, 6.45) is -5.22. The first-order valence-corrected chi connectivity index (χ1v) is 4.57. The van der Waals surface area contributed by atoms with Crippen molar-refractivity contribution in [3.05, 3.63) is 35.4 Å². The minimum Gasteiger partial charge on any atom is -0.320 e. The first kappa shape index (κ1) is 12.9. The van der Waals surface area contributed by atoms with Gasteiger partial charge in [0.15, 0.2) is 0 Å². The summed E-state index contributed by atoms with van der Waals surface area (Å²) in [5.74, 6) is -1.41. The third-order valence-electron chi connectivity index (χ3n) is 2.15. The van der Waals surface area contributed by atoms with Crippen molar-refractivity contribution in [1.82, 2.24) is 0 Å². The zero-order valence-electron chi connectivity index (χ0n) is 8.19. The molecule has 0 bridgehead atoms. The molecule has 0 radical (unpaired) electrons. The number of hydrogen-bond acceptors (Lipinski definition) is 1. The van der Waals surface area contributed by atoms with Crippen LogP contribution >= 0.6 is 0 Å². The summed E-state index contributed by atoms with van der Waals surface area (Å²) in [6.45, 7) is 0. The molecule has 0 fully saturated rings. The molecule has 0 saturated carbocycles. The Kier molecular flexibility index (Phi) is 3.85. The maximum Gasteiger partial charge on any atom is 0.403 e. The van der Waals surface area contributed by atoms with E-state index in [0.29, 0.717) is 0 Å². The SMILES string of the molecule is NC(CCc1cc(F)ccc1F)C(F)(F)F. The van der Waals surface area contributed by atoms with Gasteiger partial charge < -0.3 is 5.73 Å². The fourth-order valence-electron chi connectivity index (χ4n) is 1.21. The van der Waals surface area contributed by atoms with Crippen LogP contribution in [0.4, 0.5) is 22.0 Å². The fourth-order valence-corrected chi connectivity index (χ4v) is 1.21. The molecule has 0 aromatic heterocycles. The van der Waals surface area contributed by atoms with Gasteiger partial charge >= 0.3 is 6.18 Å². The van der Waals surface area contributed by atoms with E-state index >= 15 is 0 Å². The average Bonchev–Trinajstić information content (AvgIpc) is 2.17. The van der Waals surface area contributed by atoms with E-state index in [-0.39, 0.29) is 12.0 Å². The van der Waals surface area contributed by atoms with E-state index in [9.17, 15) is 22.0 Å². The smallest absolute Gasteiger partial charge is 0.320 e. The average molecular weight is 239 g/mol. The maximum absolute atomic E-state index is 13.0. The topological polar surface area (TPSA) is 26.0 Å². The summed E-state index contributed by atoms with van der Waals surface area (Å²) >= 11 is 0. The zero-order valence-corrected chi connectivity index (χ0v) is 8.19. The number of halogens is 5. The van der Waals surface area contributed by atoms with Gasteiger partial charge in [-0.15, -0.1) is 0 Å². The van der Waals surface area contributed by atoms with Crippen molar-refractivity contribution >= 4 is 0 Å². The molecule has 0 saturated heterocycles. The van der Waals surface area contributed by atoms with Gasteiger partial charge in [-0.2, -0.15) is 13.2 Å². The quantitative estimate of drug-likeness (QED) is 0.806. The van der Waals surface area contributed by atoms with Crippen LogP contribution < -0.4 is 5.73 Å². The van der Waals surface area contributed by atoms with Gasteiger partial charge in [0.1, 0.15) is 17.7 Å². The van der Waals surface area contributed by atoms with Gasteiger partial charge in [0.2, 0.25) is 0 Å². The fraction of sp³-hybridized carbons (Fsp3) is 0.400. The second-order valence-corrected chi connectivity index (χ2v) is 3.42. The van der Waals surface area contributed by atoms with Crippen LogP contribution in [0, 0.1) is 11.6 Å². The molecule has 1 aromatic carbocycles. The van der Waals surface area contributed by atoms with Gasteiger partial charge in [0.05, 0.1) is 0 Å². The Morgan fingerprint density at radius 1 is 1.19 bits per heavy atom. The van der Waals surface area contributed by atoms with Gasteiger partial charge in [0.25, 0.3) is 0 Å². The molecule has 0 amide bonds. The molecule has 0 aliphatic heterocycles. The molecule has 16 heavy (non-hydrogen) atoms. The van der Waals surface area contributed by atoms with Crippen molar-refractivity contribution < 1.29 is 22.0 Å². The molecular weight excluding hydrogens is 229 g/mol. The van der Waals surface area contributed by atoms with Crippen molar-refractivity contribution in [2.45, 2.75) is 25.1 Å². The molecule has 1 aromatic rings. The van der Waals surface area contributed by atoms with E-state index in [0.717, 1.165) is 18.2 Å². The summed E-state index contributed by atoms with van der Waals surface area (Å²) in [4.78, 5) is 0. The summed E-state index contributed by atoms with van der Waals surface area (Å²) in [5.41, 5.74) is 4.75. The second-order valence-electron chi connectivity index (χ2n) is 3.42. The molecule has 1 rings (SSSR count). The van der Waals surface area contributed by atoms with Gasteiger partial charge in [-0.1, -0.05) is 0 Å². The Bertz CT molecular complexity index is 361. The number of rotatable bonds is 3. The van der Waals surface area contributed by atoms with Crippen LogP contribution in [0.5, 0.6) is 0 Å². The van der Waals surface area contributed by atoms with E-state index in [1.54, 1.807) is 0 Å². The Hall–Kier alpha value is -1.17. The highest BCUT2D eigenvalue weighted by Crippen LogP contribution is 2.22. The zero-order chi connectivity index (χ0) is 12.3. The Balaban J connectivity index is 2.64. The normalized spacial score (nSPS) is 13.9. The molecule has 0 aliphatic rings. The van der Waals surface area contributed by atoms with Crippen LogP contribution in [0.1, 0.15) is 12.0 Å². The van der Waals surface area contributed by atoms with E-state index in [2.05, 4.69) is 0 Å². The number of nitrogens with two attached hydrogens (primary N) is 1. The van der Waals surface area contributed by atoms with Crippen LogP contribution in [-0.2, 0) is 6.42 Å². The summed E-state index contributed by atoms with van der Waals surface area (Å²) in [7, 11) is 0. The maximum atomic E-state index is 13.0. The monoisotopic (exact) mass is 239 g/mol. The van der Waals surface area contributed by atoms with E-state index in [1.165, 1.54) is 0 Å². The lowest BCUT2D eigenvalue weighted by Gasteiger charge is -2.15. The van der Waals surface area contributed by atoms with Crippen LogP contribution in [0.15, 0.2) is 18.2 Å². The minimum atomic E-state index is -4.51. The van der Waals surface area contributed by atoms with Gasteiger partial charge in [-0.25, -0.2) is 8.78 Å².